The van der Waals surface area contributed by atoms with E-state index in [1.807, 2.05) is 6.92 Å². The highest BCUT2D eigenvalue weighted by molar-refractivity contribution is 7.89. The normalized spacial score (nSPS) is 11.1. The number of rotatable bonds is 6. The summed E-state index contributed by atoms with van der Waals surface area (Å²) >= 11 is 5.91. The zero-order valence-electron chi connectivity index (χ0n) is 10.1. The summed E-state index contributed by atoms with van der Waals surface area (Å²) in [6, 6.07) is 4.87. The van der Waals surface area contributed by atoms with E-state index in [2.05, 4.69) is 4.72 Å². The molecule has 0 aliphatic heterocycles. The predicted molar refractivity (Wildman–Crippen MR) is 76.9 cm³/mol. The molecule has 0 heterocycles. The maximum absolute atomic E-state index is 11.9. The number of halogens is 2. The number of hydrogen-bond donors (Lipinski definition) is 2. The molecule has 0 amide bonds. The highest BCUT2D eigenvalue weighted by atomic mass is 35.5. The number of sulfonamides is 1. The summed E-state index contributed by atoms with van der Waals surface area (Å²) in [4.78, 5) is 0.123. The largest absolute Gasteiger partial charge is 0.330 e. The van der Waals surface area contributed by atoms with Crippen LogP contribution >= 0.6 is 24.0 Å². The van der Waals surface area contributed by atoms with Crippen molar-refractivity contribution in [2.45, 2.75) is 24.7 Å². The molecule has 0 unspecified atom stereocenters. The molecule has 0 aliphatic carbocycles. The topological polar surface area (TPSA) is 72.2 Å². The molecule has 104 valence electrons. The molecule has 7 heteroatoms. The first-order chi connectivity index (χ1) is 7.97. The van der Waals surface area contributed by atoms with Crippen LogP contribution in [0, 0.1) is 6.92 Å². The number of benzene rings is 1. The van der Waals surface area contributed by atoms with Gasteiger partial charge < -0.3 is 5.73 Å². The third-order valence-electron chi connectivity index (χ3n) is 2.30. The van der Waals surface area contributed by atoms with Crippen LogP contribution in [0.3, 0.4) is 0 Å². The summed E-state index contributed by atoms with van der Waals surface area (Å²) in [5.41, 5.74) is 6.26. The fourth-order valence-corrected chi connectivity index (χ4v) is 3.05. The summed E-state index contributed by atoms with van der Waals surface area (Å²) in [5.74, 6) is 0. The molecule has 0 bridgehead atoms. The SMILES string of the molecule is Cc1ccc(S(=O)(=O)NCCCCN)c(Cl)c1.Cl. The third kappa shape index (κ3) is 5.12. The molecule has 1 rings (SSSR count). The standard InChI is InChI=1S/C11H17ClN2O2S.ClH/c1-9-4-5-11(10(12)8-9)17(15,16)14-7-3-2-6-13;/h4-5,8,14H,2-3,6-7,13H2,1H3;1H. The Morgan fingerprint density at radius 1 is 1.33 bits per heavy atom. The van der Waals surface area contributed by atoms with Crippen LogP contribution in [-0.2, 0) is 10.0 Å². The second-order valence-electron chi connectivity index (χ2n) is 3.83. The monoisotopic (exact) mass is 312 g/mol. The lowest BCUT2D eigenvalue weighted by Gasteiger charge is -2.08. The van der Waals surface area contributed by atoms with E-state index in [1.54, 1.807) is 12.1 Å². The summed E-state index contributed by atoms with van der Waals surface area (Å²) in [7, 11) is -3.51. The number of nitrogens with two attached hydrogens (primary N) is 1. The van der Waals surface area contributed by atoms with Crippen molar-refractivity contribution in [1.82, 2.24) is 4.72 Å². The van der Waals surface area contributed by atoms with Crippen molar-refractivity contribution >= 4 is 34.0 Å². The van der Waals surface area contributed by atoms with E-state index in [0.29, 0.717) is 13.1 Å². The van der Waals surface area contributed by atoms with Gasteiger partial charge in [0.25, 0.3) is 0 Å². The minimum Gasteiger partial charge on any atom is -0.330 e. The van der Waals surface area contributed by atoms with Crippen molar-refractivity contribution in [2.75, 3.05) is 13.1 Å². The Morgan fingerprint density at radius 3 is 2.56 bits per heavy atom. The summed E-state index contributed by atoms with van der Waals surface area (Å²) in [6.45, 7) is 2.80. The molecule has 0 saturated carbocycles. The van der Waals surface area contributed by atoms with Gasteiger partial charge in [0.15, 0.2) is 0 Å². The lowest BCUT2D eigenvalue weighted by Crippen LogP contribution is -2.25. The molecule has 0 aromatic heterocycles. The van der Waals surface area contributed by atoms with Gasteiger partial charge in [0, 0.05) is 6.54 Å². The average molecular weight is 313 g/mol. The minimum atomic E-state index is -3.51. The van der Waals surface area contributed by atoms with E-state index in [1.165, 1.54) is 6.07 Å². The maximum atomic E-state index is 11.9. The second kappa shape index (κ2) is 7.96. The van der Waals surface area contributed by atoms with Crippen molar-refractivity contribution in [1.29, 1.82) is 0 Å². The molecule has 1 aromatic carbocycles. The Hall–Kier alpha value is -0.330. The molecule has 0 aliphatic rings. The van der Waals surface area contributed by atoms with E-state index in [9.17, 15) is 8.42 Å². The van der Waals surface area contributed by atoms with E-state index >= 15 is 0 Å². The van der Waals surface area contributed by atoms with Crippen LogP contribution in [-0.4, -0.2) is 21.5 Å². The predicted octanol–water partition coefficient (Wildman–Crippen LogP) is 2.09. The summed E-state index contributed by atoms with van der Waals surface area (Å²) in [6.07, 6.45) is 1.52. The van der Waals surface area contributed by atoms with Gasteiger partial charge in [0.2, 0.25) is 10.0 Å². The fraction of sp³-hybridized carbons (Fsp3) is 0.455. The van der Waals surface area contributed by atoms with Crippen LogP contribution in [0.5, 0.6) is 0 Å². The minimum absolute atomic E-state index is 0. The van der Waals surface area contributed by atoms with Gasteiger partial charge in [-0.3, -0.25) is 0 Å². The Balaban J connectivity index is 0.00000289. The fourth-order valence-electron chi connectivity index (χ4n) is 1.38. The van der Waals surface area contributed by atoms with Crippen molar-refractivity contribution in [3.63, 3.8) is 0 Å². The zero-order chi connectivity index (χ0) is 12.9. The van der Waals surface area contributed by atoms with Crippen LogP contribution < -0.4 is 10.5 Å². The Kier molecular flexibility index (Phi) is 7.82. The third-order valence-corrected chi connectivity index (χ3v) is 4.24. The zero-order valence-corrected chi connectivity index (χ0v) is 12.5. The highest BCUT2D eigenvalue weighted by Gasteiger charge is 2.16. The number of unbranched alkanes of at least 4 members (excludes halogenated alkanes) is 1. The van der Waals surface area contributed by atoms with Crippen molar-refractivity contribution in [2.24, 2.45) is 5.73 Å². The van der Waals surface area contributed by atoms with Crippen molar-refractivity contribution < 1.29 is 8.42 Å². The number of nitrogens with one attached hydrogen (secondary N) is 1. The molecular weight excluding hydrogens is 295 g/mol. The van der Waals surface area contributed by atoms with E-state index in [0.717, 1.165) is 18.4 Å². The molecule has 1 aromatic rings. The van der Waals surface area contributed by atoms with Crippen LogP contribution in [0.15, 0.2) is 23.1 Å². The second-order valence-corrected chi connectivity index (χ2v) is 5.97. The van der Waals surface area contributed by atoms with Gasteiger partial charge in [-0.25, -0.2) is 13.1 Å². The summed E-state index contributed by atoms with van der Waals surface area (Å²) in [5, 5.41) is 0.247. The van der Waals surface area contributed by atoms with Crippen LogP contribution in [0.1, 0.15) is 18.4 Å². The average Bonchev–Trinajstić information content (AvgIpc) is 2.24. The summed E-state index contributed by atoms with van der Waals surface area (Å²) < 4.78 is 26.3. The molecule has 18 heavy (non-hydrogen) atoms. The molecule has 0 saturated heterocycles. The van der Waals surface area contributed by atoms with Crippen LogP contribution in [0.25, 0.3) is 0 Å². The molecule has 0 atom stereocenters. The van der Waals surface area contributed by atoms with Gasteiger partial charge in [0.1, 0.15) is 4.90 Å². The first-order valence-corrected chi connectivity index (χ1v) is 7.29. The first kappa shape index (κ1) is 17.7. The smallest absolute Gasteiger partial charge is 0.242 e. The Bertz CT molecular complexity index is 478. The molecule has 4 nitrogen and oxygen atoms in total. The van der Waals surface area contributed by atoms with Crippen molar-refractivity contribution in [3.05, 3.63) is 28.8 Å². The maximum Gasteiger partial charge on any atom is 0.242 e. The highest BCUT2D eigenvalue weighted by Crippen LogP contribution is 2.22. The van der Waals surface area contributed by atoms with E-state index < -0.39 is 10.0 Å². The molecule has 0 fully saturated rings. The molecule has 3 N–H and O–H groups in total. The van der Waals surface area contributed by atoms with Crippen molar-refractivity contribution in [3.8, 4) is 0 Å². The molecule has 0 radical (unpaired) electrons. The van der Waals surface area contributed by atoms with Gasteiger partial charge in [-0.2, -0.15) is 0 Å². The number of aryl methyl sites for hydroxylation is 1. The van der Waals surface area contributed by atoms with Gasteiger partial charge >= 0.3 is 0 Å². The van der Waals surface area contributed by atoms with Gasteiger partial charge in [-0.1, -0.05) is 17.7 Å². The molecular formula is C11H18Cl2N2O2S. The number of hydrogen-bond acceptors (Lipinski definition) is 3. The van der Waals surface area contributed by atoms with E-state index in [4.69, 9.17) is 17.3 Å². The lowest BCUT2D eigenvalue weighted by atomic mass is 10.2. The Morgan fingerprint density at radius 2 is 2.00 bits per heavy atom. The quantitative estimate of drug-likeness (QED) is 0.790. The lowest BCUT2D eigenvalue weighted by molar-refractivity contribution is 0.577. The van der Waals surface area contributed by atoms with Crippen LogP contribution in [0.4, 0.5) is 0 Å². The van der Waals surface area contributed by atoms with Crippen LogP contribution in [0.2, 0.25) is 5.02 Å². The van der Waals surface area contributed by atoms with Gasteiger partial charge in [0.05, 0.1) is 5.02 Å². The van der Waals surface area contributed by atoms with Gasteiger partial charge in [-0.05, 0) is 44.0 Å². The Labute approximate surface area is 119 Å². The molecule has 0 spiro atoms. The van der Waals surface area contributed by atoms with E-state index in [-0.39, 0.29) is 22.3 Å². The van der Waals surface area contributed by atoms with Gasteiger partial charge in [-0.15, -0.1) is 12.4 Å². The first-order valence-electron chi connectivity index (χ1n) is 5.43.